The average molecular weight is 236 g/mol. The normalized spacial score (nSPS) is 13.2. The second-order valence-electron chi connectivity index (χ2n) is 4.89. The summed E-state index contributed by atoms with van der Waals surface area (Å²) in [6, 6.07) is 8.82. The topological polar surface area (TPSA) is 78.3 Å². The van der Waals surface area contributed by atoms with Crippen LogP contribution in [0.25, 0.3) is 0 Å². The van der Waals surface area contributed by atoms with Crippen molar-refractivity contribution in [3.05, 3.63) is 35.9 Å². The summed E-state index contributed by atoms with van der Waals surface area (Å²) < 4.78 is 5.12. The van der Waals surface area contributed by atoms with Crippen LogP contribution in [0.3, 0.4) is 0 Å². The van der Waals surface area contributed by atoms with E-state index in [2.05, 4.69) is 0 Å². The molecular weight excluding hydrogens is 216 g/mol. The number of hydrogen-bond acceptors (Lipinski definition) is 4. The molecule has 94 valence electrons. The quantitative estimate of drug-likeness (QED) is 0.753. The van der Waals surface area contributed by atoms with E-state index in [0.29, 0.717) is 6.42 Å². The first-order chi connectivity index (χ1) is 7.88. The molecular formula is C13H20N2O2. The van der Waals surface area contributed by atoms with E-state index in [1.165, 1.54) is 0 Å². The lowest BCUT2D eigenvalue weighted by molar-refractivity contribution is -0.147. The molecule has 4 nitrogen and oxygen atoms in total. The fourth-order valence-corrected chi connectivity index (χ4v) is 1.49. The van der Waals surface area contributed by atoms with Crippen molar-refractivity contribution < 1.29 is 9.53 Å². The standard InChI is InChI=1S/C13H20N2O2/c1-13(2,15)8-11(14)12(16)17-9-10-6-4-3-5-7-10/h3-7,11H,8-9,14-15H2,1-2H3/t11-/m1/s1. The lowest BCUT2D eigenvalue weighted by Gasteiger charge is -2.21. The number of nitrogens with two attached hydrogens (primary N) is 2. The maximum Gasteiger partial charge on any atom is 0.323 e. The molecule has 1 aromatic rings. The van der Waals surface area contributed by atoms with E-state index < -0.39 is 17.6 Å². The van der Waals surface area contributed by atoms with Gasteiger partial charge in [0.2, 0.25) is 0 Å². The maximum atomic E-state index is 11.6. The van der Waals surface area contributed by atoms with E-state index in [9.17, 15) is 4.79 Å². The lowest BCUT2D eigenvalue weighted by Crippen LogP contribution is -2.43. The number of benzene rings is 1. The largest absolute Gasteiger partial charge is 0.460 e. The predicted octanol–water partition coefficient (Wildman–Crippen LogP) is 1.18. The Bertz CT molecular complexity index is 357. The van der Waals surface area contributed by atoms with Crippen LogP contribution in [0.4, 0.5) is 0 Å². The summed E-state index contributed by atoms with van der Waals surface area (Å²) in [4.78, 5) is 11.6. The molecule has 0 unspecified atom stereocenters. The molecule has 0 aliphatic carbocycles. The van der Waals surface area contributed by atoms with Gasteiger partial charge in [0, 0.05) is 5.54 Å². The molecule has 0 bridgehead atoms. The minimum Gasteiger partial charge on any atom is -0.460 e. The van der Waals surface area contributed by atoms with Gasteiger partial charge in [0.05, 0.1) is 0 Å². The van der Waals surface area contributed by atoms with Gasteiger partial charge in [0.1, 0.15) is 12.6 Å². The monoisotopic (exact) mass is 236 g/mol. The molecule has 0 spiro atoms. The first kappa shape index (κ1) is 13.7. The number of hydrogen-bond donors (Lipinski definition) is 2. The highest BCUT2D eigenvalue weighted by Crippen LogP contribution is 2.08. The highest BCUT2D eigenvalue weighted by molar-refractivity contribution is 5.75. The Morgan fingerprint density at radius 3 is 2.47 bits per heavy atom. The molecule has 0 radical (unpaired) electrons. The molecule has 4 N–H and O–H groups in total. The van der Waals surface area contributed by atoms with Crippen LogP contribution in [-0.4, -0.2) is 17.6 Å². The molecule has 4 heteroatoms. The zero-order chi connectivity index (χ0) is 12.9. The van der Waals surface area contributed by atoms with Gasteiger partial charge in [0.25, 0.3) is 0 Å². The van der Waals surface area contributed by atoms with Crippen molar-refractivity contribution in [1.29, 1.82) is 0 Å². The molecule has 0 saturated heterocycles. The summed E-state index contributed by atoms with van der Waals surface area (Å²) in [7, 11) is 0. The van der Waals surface area contributed by atoms with Gasteiger partial charge in [-0.1, -0.05) is 30.3 Å². The summed E-state index contributed by atoms with van der Waals surface area (Å²) in [5.74, 6) is -0.410. The van der Waals surface area contributed by atoms with E-state index >= 15 is 0 Å². The van der Waals surface area contributed by atoms with Crippen LogP contribution in [-0.2, 0) is 16.1 Å². The van der Waals surface area contributed by atoms with Crippen molar-refractivity contribution in [2.45, 2.75) is 38.5 Å². The molecule has 1 atom stereocenters. The van der Waals surface area contributed by atoms with E-state index in [0.717, 1.165) is 5.56 Å². The average Bonchev–Trinajstić information content (AvgIpc) is 2.25. The summed E-state index contributed by atoms with van der Waals surface area (Å²) in [5.41, 5.74) is 12.0. The first-order valence-electron chi connectivity index (χ1n) is 5.63. The fraction of sp³-hybridized carbons (Fsp3) is 0.462. The Kier molecular flexibility index (Phi) is 4.66. The zero-order valence-corrected chi connectivity index (χ0v) is 10.3. The molecule has 1 aromatic carbocycles. The molecule has 0 aliphatic heterocycles. The summed E-state index contributed by atoms with van der Waals surface area (Å²) in [6.07, 6.45) is 0.403. The molecule has 0 saturated carbocycles. The highest BCUT2D eigenvalue weighted by atomic mass is 16.5. The van der Waals surface area contributed by atoms with Gasteiger partial charge in [-0.05, 0) is 25.8 Å². The van der Waals surface area contributed by atoms with E-state index in [1.807, 2.05) is 44.2 Å². The molecule has 17 heavy (non-hydrogen) atoms. The third kappa shape index (κ3) is 5.47. The van der Waals surface area contributed by atoms with Gasteiger partial charge in [-0.15, -0.1) is 0 Å². The van der Waals surface area contributed by atoms with Gasteiger partial charge in [0.15, 0.2) is 0 Å². The van der Waals surface area contributed by atoms with Crippen molar-refractivity contribution >= 4 is 5.97 Å². The molecule has 0 aromatic heterocycles. The van der Waals surface area contributed by atoms with Crippen LogP contribution < -0.4 is 11.5 Å². The second-order valence-corrected chi connectivity index (χ2v) is 4.89. The fourth-order valence-electron chi connectivity index (χ4n) is 1.49. The maximum absolute atomic E-state index is 11.6. The number of carbonyl (C=O) groups excluding carboxylic acids is 1. The zero-order valence-electron chi connectivity index (χ0n) is 10.3. The van der Waals surface area contributed by atoms with Crippen LogP contribution in [0.5, 0.6) is 0 Å². The Hall–Kier alpha value is -1.39. The van der Waals surface area contributed by atoms with Gasteiger partial charge in [-0.3, -0.25) is 4.79 Å². The van der Waals surface area contributed by atoms with Crippen molar-refractivity contribution in [3.8, 4) is 0 Å². The highest BCUT2D eigenvalue weighted by Gasteiger charge is 2.22. The van der Waals surface area contributed by atoms with Crippen LogP contribution in [0.15, 0.2) is 30.3 Å². The molecule has 0 amide bonds. The van der Waals surface area contributed by atoms with Crippen molar-refractivity contribution in [3.63, 3.8) is 0 Å². The molecule has 0 aliphatic rings. The number of carbonyl (C=O) groups is 1. The number of esters is 1. The number of ether oxygens (including phenoxy) is 1. The van der Waals surface area contributed by atoms with Crippen LogP contribution in [0, 0.1) is 0 Å². The van der Waals surface area contributed by atoms with E-state index in [-0.39, 0.29) is 6.61 Å². The van der Waals surface area contributed by atoms with Gasteiger partial charge in [-0.2, -0.15) is 0 Å². The smallest absolute Gasteiger partial charge is 0.323 e. The molecule has 0 fully saturated rings. The Labute approximate surface area is 102 Å². The van der Waals surface area contributed by atoms with Crippen molar-refractivity contribution in [2.75, 3.05) is 0 Å². The van der Waals surface area contributed by atoms with Crippen LogP contribution in [0.2, 0.25) is 0 Å². The first-order valence-corrected chi connectivity index (χ1v) is 5.63. The third-order valence-corrected chi connectivity index (χ3v) is 2.27. The Balaban J connectivity index is 2.40. The minimum atomic E-state index is -0.668. The van der Waals surface area contributed by atoms with E-state index in [1.54, 1.807) is 0 Å². The summed E-state index contributed by atoms with van der Waals surface area (Å²) in [5, 5.41) is 0. The van der Waals surface area contributed by atoms with Crippen LogP contribution in [0.1, 0.15) is 25.8 Å². The molecule has 0 heterocycles. The summed E-state index contributed by atoms with van der Waals surface area (Å²) in [6.45, 7) is 3.91. The predicted molar refractivity (Wildman–Crippen MR) is 67.1 cm³/mol. The van der Waals surface area contributed by atoms with Gasteiger partial charge in [-0.25, -0.2) is 0 Å². The lowest BCUT2D eigenvalue weighted by atomic mass is 9.97. The number of rotatable bonds is 5. The SMILES string of the molecule is CC(C)(N)C[C@@H](N)C(=O)OCc1ccccc1. The third-order valence-electron chi connectivity index (χ3n) is 2.27. The van der Waals surface area contributed by atoms with Gasteiger partial charge >= 0.3 is 5.97 Å². The van der Waals surface area contributed by atoms with Gasteiger partial charge < -0.3 is 16.2 Å². The van der Waals surface area contributed by atoms with E-state index in [4.69, 9.17) is 16.2 Å². The Morgan fingerprint density at radius 2 is 1.94 bits per heavy atom. The second kappa shape index (κ2) is 5.80. The molecule has 1 rings (SSSR count). The van der Waals surface area contributed by atoms with Crippen LogP contribution >= 0.6 is 0 Å². The summed E-state index contributed by atoms with van der Waals surface area (Å²) >= 11 is 0. The van der Waals surface area contributed by atoms with Crippen molar-refractivity contribution in [2.24, 2.45) is 11.5 Å². The van der Waals surface area contributed by atoms with Crippen molar-refractivity contribution in [1.82, 2.24) is 0 Å². The Morgan fingerprint density at radius 1 is 1.35 bits per heavy atom. The minimum absolute atomic E-state index is 0.248.